The molecule has 14 heteroatoms. The van der Waals surface area contributed by atoms with E-state index in [2.05, 4.69) is 20.9 Å². The maximum Gasteiger partial charge on any atom is 0.375 e. The summed E-state index contributed by atoms with van der Waals surface area (Å²) in [6, 6.07) is 5.18. The molecule has 2 atom stereocenters. The summed E-state index contributed by atoms with van der Waals surface area (Å²) in [7, 11) is 3.38. The van der Waals surface area contributed by atoms with Gasteiger partial charge < -0.3 is 20.6 Å². The normalized spacial score (nSPS) is 15.2. The van der Waals surface area contributed by atoms with Crippen LogP contribution in [0.15, 0.2) is 34.5 Å². The summed E-state index contributed by atoms with van der Waals surface area (Å²) in [5.74, 6) is -1.26. The van der Waals surface area contributed by atoms with Crippen LogP contribution in [0.4, 0.5) is 21.0 Å². The van der Waals surface area contributed by atoms with Crippen molar-refractivity contribution in [2.75, 3.05) is 37.4 Å². The van der Waals surface area contributed by atoms with Crippen LogP contribution in [0.2, 0.25) is 0 Å². The quantitative estimate of drug-likeness (QED) is 0.164. The van der Waals surface area contributed by atoms with Crippen molar-refractivity contribution in [1.29, 1.82) is 0 Å². The lowest BCUT2D eigenvalue weighted by molar-refractivity contribution is -0.150. The smallest absolute Gasteiger partial charge is 0.375 e. The van der Waals surface area contributed by atoms with E-state index < -0.39 is 28.9 Å². The van der Waals surface area contributed by atoms with E-state index in [9.17, 15) is 29.1 Å². The Morgan fingerprint density at radius 2 is 1.64 bits per heavy atom. The third-order valence-corrected chi connectivity index (χ3v) is 8.22. The van der Waals surface area contributed by atoms with Gasteiger partial charge in [0.15, 0.2) is 0 Å². The molecule has 1 aromatic rings. The van der Waals surface area contributed by atoms with E-state index in [1.807, 2.05) is 0 Å². The van der Waals surface area contributed by atoms with Crippen LogP contribution in [0.5, 0.6) is 0 Å². The minimum atomic E-state index is -1.12. The lowest BCUT2D eigenvalue weighted by Gasteiger charge is -2.34. The molecule has 1 aliphatic heterocycles. The molecule has 0 saturated carbocycles. The number of carboxylic acids is 1. The van der Waals surface area contributed by atoms with Crippen molar-refractivity contribution in [3.63, 3.8) is 0 Å². The van der Waals surface area contributed by atoms with Crippen LogP contribution in [0, 0.1) is 10.8 Å². The van der Waals surface area contributed by atoms with Crippen molar-refractivity contribution in [3.8, 4) is 0 Å². The molecule has 6 amide bonds. The molecule has 0 saturated heterocycles. The van der Waals surface area contributed by atoms with Gasteiger partial charge in [-0.25, -0.2) is 14.5 Å². The highest BCUT2D eigenvalue weighted by atomic mass is 32.2. The molecule has 2 unspecified atom stereocenters. The van der Waals surface area contributed by atoms with Crippen LogP contribution in [-0.4, -0.2) is 76.5 Å². The number of thiocarbonyl (C=S) groups is 1. The number of urea groups is 2. The molecule has 0 aliphatic carbocycles. The summed E-state index contributed by atoms with van der Waals surface area (Å²) in [6.07, 6.45) is 2.21. The number of azo groups is 1. The van der Waals surface area contributed by atoms with E-state index in [1.54, 1.807) is 66.1 Å². The molecule has 0 spiro atoms. The second-order valence-corrected chi connectivity index (χ2v) is 13.6. The minimum absolute atomic E-state index is 0.0487. The minimum Gasteiger partial charge on any atom is -0.481 e. The van der Waals surface area contributed by atoms with E-state index in [0.29, 0.717) is 48.7 Å². The number of amides is 6. The molecule has 1 aliphatic rings. The van der Waals surface area contributed by atoms with Crippen LogP contribution >= 0.6 is 24.0 Å². The van der Waals surface area contributed by atoms with Crippen molar-refractivity contribution in [1.82, 2.24) is 10.2 Å². The molecule has 1 aromatic carbocycles. The topological polar surface area (TPSA) is 161 Å². The Morgan fingerprint density at radius 3 is 2.17 bits per heavy atom. The predicted molar refractivity (Wildman–Crippen MR) is 167 cm³/mol. The van der Waals surface area contributed by atoms with Gasteiger partial charge >= 0.3 is 18.0 Å². The van der Waals surface area contributed by atoms with Gasteiger partial charge in [0, 0.05) is 42.5 Å². The molecule has 0 radical (unpaired) electrons. The molecule has 1 heterocycles. The molecular weight excluding hydrogens is 580 g/mol. The van der Waals surface area contributed by atoms with Crippen molar-refractivity contribution in [2.24, 2.45) is 21.1 Å². The first-order valence-electron chi connectivity index (χ1n) is 13.6. The predicted octanol–water partition coefficient (Wildman–Crippen LogP) is 5.33. The number of carbonyl (C=O) groups excluding carboxylic acids is 4. The first kappa shape index (κ1) is 34.8. The molecule has 42 heavy (non-hydrogen) atoms. The lowest BCUT2D eigenvalue weighted by atomic mass is 9.70. The fourth-order valence-corrected chi connectivity index (χ4v) is 6.02. The van der Waals surface area contributed by atoms with Gasteiger partial charge in [-0.15, -0.1) is 11.8 Å². The highest BCUT2D eigenvalue weighted by Crippen LogP contribution is 2.39. The van der Waals surface area contributed by atoms with Crippen molar-refractivity contribution >= 4 is 69.4 Å². The van der Waals surface area contributed by atoms with Gasteiger partial charge in [-0.05, 0) is 70.7 Å². The number of carbonyl (C=O) groups is 5. The number of nitrogens with one attached hydrogen (secondary N) is 2. The first-order chi connectivity index (χ1) is 19.6. The number of imide groups is 1. The van der Waals surface area contributed by atoms with Gasteiger partial charge in [-0.2, -0.15) is 0 Å². The van der Waals surface area contributed by atoms with E-state index >= 15 is 0 Å². The van der Waals surface area contributed by atoms with Crippen molar-refractivity contribution < 1.29 is 29.1 Å². The van der Waals surface area contributed by atoms with Crippen molar-refractivity contribution in [2.45, 2.75) is 65.0 Å². The van der Waals surface area contributed by atoms with Crippen LogP contribution < -0.4 is 15.5 Å². The highest BCUT2D eigenvalue weighted by molar-refractivity contribution is 8.23. The van der Waals surface area contributed by atoms with Gasteiger partial charge in [0.25, 0.3) is 0 Å². The van der Waals surface area contributed by atoms with E-state index in [-0.39, 0.29) is 23.5 Å². The lowest BCUT2D eigenvalue weighted by Crippen LogP contribution is -2.44. The van der Waals surface area contributed by atoms with Crippen LogP contribution in [0.25, 0.3) is 0 Å². The largest absolute Gasteiger partial charge is 0.481 e. The number of hydrogen-bond acceptors (Lipinski definition) is 8. The fraction of sp³-hybridized carbons (Fsp3) is 0.571. The third-order valence-electron chi connectivity index (χ3n) is 6.88. The molecule has 230 valence electrons. The standard InChI is InChI=1S/C28H40N6O6S2/c1-18(41)42-21(22(35)33(5)6)9-7-14-28(4,17-27(2,3)24(37)38)23(36)30-16-8-15-29-19-10-12-20(13-11-19)34-25(39)31-32-26(34)40/h10-13,21,29H,7-9,14-17H2,1-6H3,(H,30,36)(H,37,38). The zero-order valence-electron chi connectivity index (χ0n) is 24.9. The second kappa shape index (κ2) is 15.2. The SMILES string of the molecule is CC(=S)SC(CCCC(C)(CC(C)(C)C(=O)O)C(=O)NCCCNc1ccc(N2C(=O)N=NC2=O)cc1)C(=O)N(C)C. The Bertz CT molecular complexity index is 1200. The van der Waals surface area contributed by atoms with Gasteiger partial charge in [0.1, 0.15) is 0 Å². The third kappa shape index (κ3) is 9.86. The Kier molecular flexibility index (Phi) is 12.6. The summed E-state index contributed by atoms with van der Waals surface area (Å²) < 4.78 is 0.663. The summed E-state index contributed by atoms with van der Waals surface area (Å²) in [5, 5.41) is 22.0. The molecule has 3 N–H and O–H groups in total. The highest BCUT2D eigenvalue weighted by Gasteiger charge is 2.42. The maximum absolute atomic E-state index is 13.4. The van der Waals surface area contributed by atoms with Gasteiger partial charge in [0.05, 0.1) is 16.4 Å². The molecule has 2 rings (SSSR count). The van der Waals surface area contributed by atoms with Gasteiger partial charge in [0.2, 0.25) is 11.8 Å². The van der Waals surface area contributed by atoms with Crippen LogP contribution in [-0.2, 0) is 14.4 Å². The average Bonchev–Trinajstić information content (AvgIpc) is 3.24. The Hall–Kier alpha value is -3.39. The Labute approximate surface area is 256 Å². The van der Waals surface area contributed by atoms with Crippen molar-refractivity contribution in [3.05, 3.63) is 24.3 Å². The zero-order chi connectivity index (χ0) is 31.7. The first-order valence-corrected chi connectivity index (χ1v) is 14.9. The molecule has 0 bridgehead atoms. The van der Waals surface area contributed by atoms with Crippen LogP contribution in [0.1, 0.15) is 59.8 Å². The number of rotatable bonds is 16. The number of hydrogen-bond donors (Lipinski definition) is 3. The summed E-state index contributed by atoms with van der Waals surface area (Å²) in [6.45, 7) is 7.68. The van der Waals surface area contributed by atoms with E-state index in [1.165, 1.54) is 16.7 Å². The molecule has 0 fully saturated rings. The number of thioether (sulfide) groups is 1. The van der Waals surface area contributed by atoms with Gasteiger partial charge in [-0.3, -0.25) is 14.4 Å². The average molecular weight is 621 g/mol. The van der Waals surface area contributed by atoms with E-state index in [0.717, 1.165) is 10.6 Å². The zero-order valence-corrected chi connectivity index (χ0v) is 26.6. The number of anilines is 2. The monoisotopic (exact) mass is 620 g/mol. The van der Waals surface area contributed by atoms with E-state index in [4.69, 9.17) is 12.2 Å². The molecule has 12 nitrogen and oxygen atoms in total. The fourth-order valence-electron chi connectivity index (χ4n) is 4.67. The Balaban J connectivity index is 1.94. The second-order valence-electron chi connectivity index (χ2n) is 11.3. The number of carboxylic acid groups (broad SMARTS) is 1. The molecular formula is C28H40N6O6S2. The molecule has 0 aromatic heterocycles. The summed E-state index contributed by atoms with van der Waals surface area (Å²) in [4.78, 5) is 63.7. The van der Waals surface area contributed by atoms with Crippen LogP contribution in [0.3, 0.4) is 0 Å². The Morgan fingerprint density at radius 1 is 1.05 bits per heavy atom. The van der Waals surface area contributed by atoms with Gasteiger partial charge in [-0.1, -0.05) is 35.8 Å². The number of benzene rings is 1. The summed E-state index contributed by atoms with van der Waals surface area (Å²) >= 11 is 6.54. The summed E-state index contributed by atoms with van der Waals surface area (Å²) in [5.41, 5.74) is -0.954. The number of aliphatic carboxylic acids is 1. The maximum atomic E-state index is 13.4. The number of nitrogens with zero attached hydrogens (tertiary/aromatic N) is 4.